The van der Waals surface area contributed by atoms with E-state index in [1.165, 1.54) is 0 Å². The Morgan fingerprint density at radius 3 is 2.67 bits per heavy atom. The average Bonchev–Trinajstić information content (AvgIpc) is 2.42. The normalized spacial score (nSPS) is 10.1. The number of pyridine rings is 1. The summed E-state index contributed by atoms with van der Waals surface area (Å²) in [6, 6.07) is 10.9. The minimum atomic E-state index is -0.0764. The molecule has 1 heterocycles. The minimum Gasteiger partial charge on any atom is -0.488 e. The van der Waals surface area contributed by atoms with Crippen molar-refractivity contribution in [3.8, 4) is 17.4 Å². The van der Waals surface area contributed by atoms with Crippen molar-refractivity contribution in [3.05, 3.63) is 48.2 Å². The Morgan fingerprint density at radius 1 is 1.11 bits per heavy atom. The molecule has 0 atom stereocenters. The monoisotopic (exact) mass is 245 g/mol. The van der Waals surface area contributed by atoms with Gasteiger partial charge in [0.2, 0.25) is 0 Å². The van der Waals surface area contributed by atoms with Crippen LogP contribution >= 0.6 is 0 Å². The molecule has 1 aromatic carbocycles. The molecule has 1 aromatic heterocycles. The van der Waals surface area contributed by atoms with Gasteiger partial charge in [-0.3, -0.25) is 0 Å². The number of rotatable bonds is 5. The third-order valence-electron chi connectivity index (χ3n) is 2.39. The van der Waals surface area contributed by atoms with E-state index in [-0.39, 0.29) is 6.61 Å². The predicted octanol–water partition coefficient (Wildman–Crippen LogP) is 2.76. The van der Waals surface area contributed by atoms with Crippen molar-refractivity contribution in [2.45, 2.75) is 13.5 Å². The van der Waals surface area contributed by atoms with Crippen LogP contribution in [0.4, 0.5) is 0 Å². The van der Waals surface area contributed by atoms with Gasteiger partial charge in [0.15, 0.2) is 5.75 Å². The van der Waals surface area contributed by atoms with E-state index < -0.39 is 0 Å². The number of hydrogen-bond acceptors (Lipinski definition) is 4. The lowest BCUT2D eigenvalue weighted by molar-refractivity contribution is 0.273. The molecule has 0 spiro atoms. The standard InChI is InChI=1S/C14H15NO3/c1-2-17-13-8-5-9-15-14(13)18-12-7-4-3-6-11(12)10-16/h3-9,16H,2,10H2,1H3. The SMILES string of the molecule is CCOc1cccnc1Oc1ccccc1CO. The smallest absolute Gasteiger partial charge is 0.262 e. The lowest BCUT2D eigenvalue weighted by Crippen LogP contribution is -1.98. The summed E-state index contributed by atoms with van der Waals surface area (Å²) in [5.74, 6) is 1.58. The third-order valence-corrected chi connectivity index (χ3v) is 2.39. The number of benzene rings is 1. The molecule has 0 bridgehead atoms. The molecule has 4 heteroatoms. The maximum atomic E-state index is 9.24. The van der Waals surface area contributed by atoms with Crippen molar-refractivity contribution in [1.82, 2.24) is 4.98 Å². The van der Waals surface area contributed by atoms with Crippen LogP contribution in [-0.2, 0) is 6.61 Å². The molecular formula is C14H15NO3. The van der Waals surface area contributed by atoms with Gasteiger partial charge in [0.05, 0.1) is 13.2 Å². The summed E-state index contributed by atoms with van der Waals surface area (Å²) in [6.07, 6.45) is 1.64. The maximum absolute atomic E-state index is 9.24. The summed E-state index contributed by atoms with van der Waals surface area (Å²) in [5, 5.41) is 9.24. The molecule has 0 amide bonds. The zero-order valence-corrected chi connectivity index (χ0v) is 10.2. The first kappa shape index (κ1) is 12.4. The van der Waals surface area contributed by atoms with E-state index >= 15 is 0 Å². The summed E-state index contributed by atoms with van der Waals surface area (Å²) in [7, 11) is 0. The highest BCUT2D eigenvalue weighted by molar-refractivity contribution is 5.40. The molecular weight excluding hydrogens is 230 g/mol. The Balaban J connectivity index is 2.28. The number of aliphatic hydroxyl groups excluding tert-OH is 1. The van der Waals surface area contributed by atoms with Gasteiger partial charge in [-0.1, -0.05) is 18.2 Å². The van der Waals surface area contributed by atoms with Gasteiger partial charge in [-0.15, -0.1) is 0 Å². The van der Waals surface area contributed by atoms with Crippen LogP contribution in [0.15, 0.2) is 42.6 Å². The molecule has 18 heavy (non-hydrogen) atoms. The van der Waals surface area contributed by atoms with Crippen LogP contribution in [0.5, 0.6) is 17.4 Å². The molecule has 0 saturated heterocycles. The highest BCUT2D eigenvalue weighted by Crippen LogP contribution is 2.30. The highest BCUT2D eigenvalue weighted by atomic mass is 16.5. The lowest BCUT2D eigenvalue weighted by Gasteiger charge is -2.11. The number of hydrogen-bond donors (Lipinski definition) is 1. The van der Waals surface area contributed by atoms with Gasteiger partial charge in [0, 0.05) is 11.8 Å². The van der Waals surface area contributed by atoms with Gasteiger partial charge in [-0.25, -0.2) is 4.98 Å². The van der Waals surface area contributed by atoms with Gasteiger partial charge in [-0.2, -0.15) is 0 Å². The molecule has 0 radical (unpaired) electrons. The van der Waals surface area contributed by atoms with E-state index in [1.54, 1.807) is 30.5 Å². The van der Waals surface area contributed by atoms with E-state index in [9.17, 15) is 5.11 Å². The van der Waals surface area contributed by atoms with Crippen LogP contribution in [0.25, 0.3) is 0 Å². The van der Waals surface area contributed by atoms with Crippen molar-refractivity contribution >= 4 is 0 Å². The maximum Gasteiger partial charge on any atom is 0.262 e. The number of nitrogens with zero attached hydrogens (tertiary/aromatic N) is 1. The first-order chi connectivity index (χ1) is 8.85. The van der Waals surface area contributed by atoms with E-state index in [2.05, 4.69) is 4.98 Å². The van der Waals surface area contributed by atoms with Crippen molar-refractivity contribution < 1.29 is 14.6 Å². The fourth-order valence-electron chi connectivity index (χ4n) is 1.56. The molecule has 2 aromatic rings. The van der Waals surface area contributed by atoms with E-state index in [4.69, 9.17) is 9.47 Å². The fraction of sp³-hybridized carbons (Fsp3) is 0.214. The predicted molar refractivity (Wildman–Crippen MR) is 67.8 cm³/mol. The summed E-state index contributed by atoms with van der Waals surface area (Å²) in [5.41, 5.74) is 0.714. The summed E-state index contributed by atoms with van der Waals surface area (Å²) < 4.78 is 11.1. The Bertz CT molecular complexity index is 514. The second kappa shape index (κ2) is 6.02. The Morgan fingerprint density at radius 2 is 1.89 bits per heavy atom. The highest BCUT2D eigenvalue weighted by Gasteiger charge is 2.09. The zero-order valence-electron chi connectivity index (χ0n) is 10.2. The quantitative estimate of drug-likeness (QED) is 0.880. The summed E-state index contributed by atoms with van der Waals surface area (Å²) in [6.45, 7) is 2.37. The van der Waals surface area contributed by atoms with Gasteiger partial charge in [0.1, 0.15) is 5.75 Å². The molecule has 0 unspecified atom stereocenters. The number of aliphatic hydroxyl groups is 1. The molecule has 0 fully saturated rings. The van der Waals surface area contributed by atoms with E-state index in [0.717, 1.165) is 0 Å². The van der Waals surface area contributed by atoms with Crippen molar-refractivity contribution in [2.24, 2.45) is 0 Å². The molecule has 0 aliphatic rings. The Labute approximate surface area is 106 Å². The second-order valence-corrected chi connectivity index (χ2v) is 3.61. The summed E-state index contributed by atoms with van der Waals surface area (Å²) in [4.78, 5) is 4.14. The zero-order chi connectivity index (χ0) is 12.8. The van der Waals surface area contributed by atoms with Crippen LogP contribution in [0.1, 0.15) is 12.5 Å². The molecule has 2 rings (SSSR count). The van der Waals surface area contributed by atoms with Gasteiger partial charge < -0.3 is 14.6 Å². The van der Waals surface area contributed by atoms with Crippen LogP contribution in [0.3, 0.4) is 0 Å². The molecule has 0 aliphatic heterocycles. The van der Waals surface area contributed by atoms with Crippen molar-refractivity contribution in [2.75, 3.05) is 6.61 Å². The van der Waals surface area contributed by atoms with Gasteiger partial charge in [0.25, 0.3) is 5.88 Å². The Kier molecular flexibility index (Phi) is 4.15. The first-order valence-electron chi connectivity index (χ1n) is 5.79. The minimum absolute atomic E-state index is 0.0764. The number of para-hydroxylation sites is 1. The number of ether oxygens (including phenoxy) is 2. The Hall–Kier alpha value is -2.07. The van der Waals surface area contributed by atoms with Crippen LogP contribution in [0, 0.1) is 0 Å². The summed E-state index contributed by atoms with van der Waals surface area (Å²) >= 11 is 0. The lowest BCUT2D eigenvalue weighted by atomic mass is 10.2. The van der Waals surface area contributed by atoms with Crippen LogP contribution in [-0.4, -0.2) is 16.7 Å². The number of aromatic nitrogens is 1. The average molecular weight is 245 g/mol. The van der Waals surface area contributed by atoms with Gasteiger partial charge >= 0.3 is 0 Å². The van der Waals surface area contributed by atoms with Crippen LogP contribution < -0.4 is 9.47 Å². The first-order valence-corrected chi connectivity index (χ1v) is 5.79. The molecule has 0 aliphatic carbocycles. The van der Waals surface area contributed by atoms with E-state index in [0.29, 0.717) is 29.5 Å². The third kappa shape index (κ3) is 2.78. The molecule has 1 N–H and O–H groups in total. The fourth-order valence-corrected chi connectivity index (χ4v) is 1.56. The van der Waals surface area contributed by atoms with Gasteiger partial charge in [-0.05, 0) is 25.1 Å². The molecule has 4 nitrogen and oxygen atoms in total. The van der Waals surface area contributed by atoms with Crippen molar-refractivity contribution in [1.29, 1.82) is 0 Å². The van der Waals surface area contributed by atoms with Crippen molar-refractivity contribution in [3.63, 3.8) is 0 Å². The van der Waals surface area contributed by atoms with E-state index in [1.807, 2.05) is 19.1 Å². The topological polar surface area (TPSA) is 51.6 Å². The van der Waals surface area contributed by atoms with Crippen LogP contribution in [0.2, 0.25) is 0 Å². The molecule has 0 saturated carbocycles. The molecule has 94 valence electrons. The largest absolute Gasteiger partial charge is 0.488 e. The second-order valence-electron chi connectivity index (χ2n) is 3.61.